The third kappa shape index (κ3) is 1.19. The van der Waals surface area contributed by atoms with Crippen LogP contribution >= 0.6 is 0 Å². The van der Waals surface area contributed by atoms with Crippen molar-refractivity contribution in [3.8, 4) is 0 Å². The Hall–Kier alpha value is -1.44. The van der Waals surface area contributed by atoms with Crippen molar-refractivity contribution >= 4 is 5.69 Å². The number of anilines is 1. The Morgan fingerprint density at radius 1 is 1.25 bits per heavy atom. The maximum Gasteiger partial charge on any atom is 0.102 e. The van der Waals surface area contributed by atoms with Crippen molar-refractivity contribution in [2.75, 3.05) is 11.9 Å². The first-order valence-electron chi connectivity index (χ1n) is 5.99. The highest BCUT2D eigenvalue weighted by molar-refractivity contribution is 5.66. The van der Waals surface area contributed by atoms with Gasteiger partial charge in [-0.15, -0.1) is 0 Å². The van der Waals surface area contributed by atoms with E-state index in [4.69, 9.17) is 0 Å². The minimum absolute atomic E-state index is 0.454. The molecule has 1 atom stereocenters. The summed E-state index contributed by atoms with van der Waals surface area (Å²) >= 11 is 0. The van der Waals surface area contributed by atoms with E-state index in [-0.39, 0.29) is 0 Å². The molecule has 0 radical (unpaired) electrons. The average Bonchev–Trinajstić information content (AvgIpc) is 2.56. The highest BCUT2D eigenvalue weighted by Crippen LogP contribution is 2.40. The van der Waals surface area contributed by atoms with E-state index in [1.165, 1.54) is 35.4 Å². The van der Waals surface area contributed by atoms with Gasteiger partial charge < -0.3 is 9.80 Å². The first-order valence-corrected chi connectivity index (χ1v) is 5.99. The first-order chi connectivity index (χ1) is 7.68. The number of benzene rings is 1. The summed E-state index contributed by atoms with van der Waals surface area (Å²) in [4.78, 5) is 4.80. The Morgan fingerprint density at radius 3 is 2.88 bits per heavy atom. The van der Waals surface area contributed by atoms with Gasteiger partial charge in [0.15, 0.2) is 0 Å². The zero-order chi connectivity index (χ0) is 11.3. The molecule has 0 N–H and O–H groups in total. The quantitative estimate of drug-likeness (QED) is 0.655. The fraction of sp³-hybridized carbons (Fsp3) is 0.429. The summed E-state index contributed by atoms with van der Waals surface area (Å²) in [6.45, 7) is 4.48. The summed E-state index contributed by atoms with van der Waals surface area (Å²) in [5.74, 6) is 0. The van der Waals surface area contributed by atoms with Gasteiger partial charge >= 0.3 is 0 Å². The predicted octanol–water partition coefficient (Wildman–Crippen LogP) is 2.88. The number of hydrogen-bond donors (Lipinski definition) is 0. The minimum Gasteiger partial charge on any atom is -0.359 e. The molecule has 0 bridgehead atoms. The molecule has 0 aromatic heterocycles. The fourth-order valence-electron chi connectivity index (χ4n) is 2.87. The maximum atomic E-state index is 2.49. The van der Waals surface area contributed by atoms with Gasteiger partial charge in [0.2, 0.25) is 0 Å². The van der Waals surface area contributed by atoms with Crippen LogP contribution in [0.4, 0.5) is 5.69 Å². The van der Waals surface area contributed by atoms with Crippen molar-refractivity contribution in [2.24, 2.45) is 0 Å². The van der Waals surface area contributed by atoms with Gasteiger partial charge in [0.05, 0.1) is 0 Å². The molecule has 1 aromatic carbocycles. The Morgan fingerprint density at radius 2 is 2.06 bits per heavy atom. The van der Waals surface area contributed by atoms with E-state index in [9.17, 15) is 0 Å². The predicted molar refractivity (Wildman–Crippen MR) is 67.3 cm³/mol. The molecular formula is C14H18N2. The molecule has 0 spiro atoms. The van der Waals surface area contributed by atoms with E-state index in [2.05, 4.69) is 55.1 Å². The van der Waals surface area contributed by atoms with Gasteiger partial charge in [0.25, 0.3) is 0 Å². The Labute approximate surface area is 97.2 Å². The zero-order valence-electron chi connectivity index (χ0n) is 10.2. The number of allylic oxidation sites excluding steroid dienone is 1. The molecular weight excluding hydrogens is 196 g/mol. The van der Waals surface area contributed by atoms with E-state index in [0.29, 0.717) is 6.17 Å². The molecule has 2 nitrogen and oxygen atoms in total. The van der Waals surface area contributed by atoms with Crippen LogP contribution in [-0.2, 0) is 6.42 Å². The number of fused-ring (bicyclic) bond motifs is 3. The maximum absolute atomic E-state index is 2.49. The topological polar surface area (TPSA) is 6.48 Å². The van der Waals surface area contributed by atoms with Gasteiger partial charge in [0.1, 0.15) is 6.17 Å². The van der Waals surface area contributed by atoms with Crippen LogP contribution in [0.1, 0.15) is 24.5 Å². The highest BCUT2D eigenvalue weighted by Gasteiger charge is 2.32. The monoisotopic (exact) mass is 214 g/mol. The van der Waals surface area contributed by atoms with Crippen LogP contribution in [-0.4, -0.2) is 18.1 Å². The average molecular weight is 214 g/mol. The van der Waals surface area contributed by atoms with Gasteiger partial charge in [-0.3, -0.25) is 0 Å². The van der Waals surface area contributed by atoms with Crippen LogP contribution in [0.15, 0.2) is 30.1 Å². The molecule has 2 heteroatoms. The molecule has 2 heterocycles. The van der Waals surface area contributed by atoms with Crippen LogP contribution in [0, 0.1) is 6.92 Å². The molecule has 0 saturated carbocycles. The zero-order valence-corrected chi connectivity index (χ0v) is 10.2. The van der Waals surface area contributed by atoms with E-state index >= 15 is 0 Å². The first kappa shape index (κ1) is 9.76. The van der Waals surface area contributed by atoms with Crippen molar-refractivity contribution in [2.45, 2.75) is 32.9 Å². The highest BCUT2D eigenvalue weighted by atomic mass is 15.4. The largest absolute Gasteiger partial charge is 0.359 e. The van der Waals surface area contributed by atoms with E-state index in [1.807, 2.05) is 0 Å². The number of rotatable bonds is 0. The summed E-state index contributed by atoms with van der Waals surface area (Å²) < 4.78 is 0. The Balaban J connectivity index is 2.16. The number of hydrogen-bond acceptors (Lipinski definition) is 2. The van der Waals surface area contributed by atoms with E-state index in [0.717, 1.165) is 0 Å². The Kier molecular flexibility index (Phi) is 2.00. The van der Waals surface area contributed by atoms with Crippen molar-refractivity contribution in [1.82, 2.24) is 4.90 Å². The molecule has 2 aliphatic rings. The molecule has 0 fully saturated rings. The standard InChI is InChI=1S/C14H18N2/c1-10-5-4-6-12-7-8-13-9-15(3)11(2)16(13)14(10)12/h4-6,9,11H,7-8H2,1-3H3/t11-/m0/s1. The molecule has 84 valence electrons. The number of nitrogens with zero attached hydrogens (tertiary/aromatic N) is 2. The molecule has 16 heavy (non-hydrogen) atoms. The van der Waals surface area contributed by atoms with Crippen LogP contribution in [0.3, 0.4) is 0 Å². The molecule has 0 unspecified atom stereocenters. The third-order valence-corrected chi connectivity index (χ3v) is 3.84. The lowest BCUT2D eigenvalue weighted by molar-refractivity contribution is 0.381. The lowest BCUT2D eigenvalue weighted by Crippen LogP contribution is -2.37. The van der Waals surface area contributed by atoms with Crippen LogP contribution in [0.25, 0.3) is 0 Å². The molecule has 3 rings (SSSR count). The van der Waals surface area contributed by atoms with E-state index in [1.54, 1.807) is 0 Å². The summed E-state index contributed by atoms with van der Waals surface area (Å²) in [6, 6.07) is 6.66. The molecule has 1 aromatic rings. The SMILES string of the molecule is Cc1cccc2c1N1C(=CN(C)[C@@H]1C)CC2. The summed E-state index contributed by atoms with van der Waals surface area (Å²) in [6.07, 6.45) is 5.10. The van der Waals surface area contributed by atoms with Gasteiger partial charge in [-0.05, 0) is 37.8 Å². The van der Waals surface area contributed by atoms with Gasteiger partial charge in [-0.2, -0.15) is 0 Å². The van der Waals surface area contributed by atoms with Crippen molar-refractivity contribution in [1.29, 1.82) is 0 Å². The number of aryl methyl sites for hydroxylation is 2. The van der Waals surface area contributed by atoms with Crippen LogP contribution < -0.4 is 4.90 Å². The van der Waals surface area contributed by atoms with Gasteiger partial charge in [-0.1, -0.05) is 18.2 Å². The second kappa shape index (κ2) is 3.27. The third-order valence-electron chi connectivity index (χ3n) is 3.84. The second-order valence-corrected chi connectivity index (χ2v) is 4.87. The summed E-state index contributed by atoms with van der Waals surface area (Å²) in [7, 11) is 2.16. The normalized spacial score (nSPS) is 22.9. The van der Waals surface area contributed by atoms with Gasteiger partial charge in [-0.25, -0.2) is 0 Å². The lowest BCUT2D eigenvalue weighted by Gasteiger charge is -2.35. The molecule has 0 aliphatic carbocycles. The number of para-hydroxylation sites is 1. The Bertz CT molecular complexity index is 462. The molecule has 0 amide bonds. The lowest BCUT2D eigenvalue weighted by atomic mass is 9.97. The smallest absolute Gasteiger partial charge is 0.102 e. The minimum atomic E-state index is 0.454. The second-order valence-electron chi connectivity index (χ2n) is 4.87. The summed E-state index contributed by atoms with van der Waals surface area (Å²) in [5, 5.41) is 0. The van der Waals surface area contributed by atoms with Gasteiger partial charge in [0, 0.05) is 24.6 Å². The summed E-state index contributed by atoms with van der Waals surface area (Å²) in [5.41, 5.74) is 5.80. The molecule has 0 saturated heterocycles. The van der Waals surface area contributed by atoms with Crippen molar-refractivity contribution in [3.63, 3.8) is 0 Å². The van der Waals surface area contributed by atoms with Crippen LogP contribution in [0.2, 0.25) is 0 Å². The van der Waals surface area contributed by atoms with Crippen molar-refractivity contribution < 1.29 is 0 Å². The molecule has 2 aliphatic heterocycles. The van der Waals surface area contributed by atoms with Crippen LogP contribution in [0.5, 0.6) is 0 Å². The fourth-order valence-corrected chi connectivity index (χ4v) is 2.87. The van der Waals surface area contributed by atoms with E-state index < -0.39 is 0 Å². The van der Waals surface area contributed by atoms with Crippen molar-refractivity contribution in [3.05, 3.63) is 41.2 Å².